The molecule has 0 fully saturated rings. The number of nitrogens with two attached hydrogens (primary N) is 1. The van der Waals surface area contributed by atoms with Gasteiger partial charge in [0, 0.05) is 10.2 Å². The zero-order valence-electron chi connectivity index (χ0n) is 10.1. The van der Waals surface area contributed by atoms with E-state index in [1.54, 1.807) is 0 Å². The maximum Gasteiger partial charge on any atom is 0.234 e. The molecule has 0 unspecified atom stereocenters. The van der Waals surface area contributed by atoms with E-state index in [-0.39, 0.29) is 11.7 Å². The van der Waals surface area contributed by atoms with E-state index in [0.717, 1.165) is 15.7 Å². The van der Waals surface area contributed by atoms with Gasteiger partial charge in [-0.3, -0.25) is 4.79 Å². The van der Waals surface area contributed by atoms with Gasteiger partial charge in [-0.05, 0) is 24.6 Å². The van der Waals surface area contributed by atoms with Crippen LogP contribution in [0.3, 0.4) is 0 Å². The monoisotopic (exact) mass is 341 g/mol. The third kappa shape index (κ3) is 3.71. The fourth-order valence-electron chi connectivity index (χ4n) is 1.33. The van der Waals surface area contributed by atoms with Gasteiger partial charge in [0.2, 0.25) is 11.1 Å². The van der Waals surface area contributed by atoms with E-state index in [1.807, 2.05) is 25.1 Å². The van der Waals surface area contributed by atoms with Crippen molar-refractivity contribution >= 4 is 39.3 Å². The largest absolute Gasteiger partial charge is 0.336 e. The van der Waals surface area contributed by atoms with Gasteiger partial charge in [-0.2, -0.15) is 0 Å². The molecule has 3 N–H and O–H groups in total. The molecule has 0 saturated heterocycles. The minimum atomic E-state index is -0.122. The van der Waals surface area contributed by atoms with Gasteiger partial charge in [0.1, 0.15) is 6.33 Å². The summed E-state index contributed by atoms with van der Waals surface area (Å²) >= 11 is 4.65. The highest BCUT2D eigenvalue weighted by atomic mass is 79.9. The standard InChI is InChI=1S/C11H12BrN5OS/c1-7-2-3-8(4-9(7)12)15-10(18)5-19-11-16-14-6-17(11)13/h2-4,6H,5,13H2,1H3,(H,15,18). The molecular weight excluding hydrogens is 330 g/mol. The van der Waals surface area contributed by atoms with Gasteiger partial charge in [0.15, 0.2) is 0 Å². The minimum Gasteiger partial charge on any atom is -0.336 e. The molecule has 0 radical (unpaired) electrons. The molecular formula is C11H12BrN5OS. The number of nitrogens with zero attached hydrogens (tertiary/aromatic N) is 3. The molecule has 0 aliphatic heterocycles. The molecule has 6 nitrogen and oxygen atoms in total. The lowest BCUT2D eigenvalue weighted by Crippen LogP contribution is -2.15. The summed E-state index contributed by atoms with van der Waals surface area (Å²) < 4.78 is 2.24. The molecule has 2 rings (SSSR count). The minimum absolute atomic E-state index is 0.122. The van der Waals surface area contributed by atoms with E-state index in [9.17, 15) is 4.79 Å². The number of aryl methyl sites for hydroxylation is 1. The predicted octanol–water partition coefficient (Wildman–Crippen LogP) is 1.79. The van der Waals surface area contributed by atoms with Gasteiger partial charge in [0.25, 0.3) is 0 Å². The molecule has 1 heterocycles. The molecule has 1 aromatic carbocycles. The lowest BCUT2D eigenvalue weighted by Gasteiger charge is -2.06. The lowest BCUT2D eigenvalue weighted by molar-refractivity contribution is -0.113. The van der Waals surface area contributed by atoms with Crippen LogP contribution < -0.4 is 11.2 Å². The molecule has 8 heteroatoms. The zero-order valence-corrected chi connectivity index (χ0v) is 12.5. The molecule has 100 valence electrons. The number of hydrogen-bond donors (Lipinski definition) is 2. The molecule has 2 aromatic rings. The number of nitrogens with one attached hydrogen (secondary N) is 1. The van der Waals surface area contributed by atoms with Crippen molar-refractivity contribution < 1.29 is 4.79 Å². The van der Waals surface area contributed by atoms with Gasteiger partial charge in [-0.1, -0.05) is 33.8 Å². The summed E-state index contributed by atoms with van der Waals surface area (Å²) in [6.07, 6.45) is 1.39. The Morgan fingerprint density at radius 2 is 2.37 bits per heavy atom. The summed E-state index contributed by atoms with van der Waals surface area (Å²) in [6.45, 7) is 1.99. The number of rotatable bonds is 4. The summed E-state index contributed by atoms with van der Waals surface area (Å²) in [7, 11) is 0. The Bertz CT molecular complexity index is 601. The first-order chi connectivity index (χ1) is 9.06. The second-order valence-corrected chi connectivity index (χ2v) is 5.62. The Balaban J connectivity index is 1.91. The number of aromatic nitrogens is 3. The number of thioether (sulfide) groups is 1. The van der Waals surface area contributed by atoms with E-state index in [0.29, 0.717) is 5.16 Å². The first kappa shape index (κ1) is 13.9. The van der Waals surface area contributed by atoms with Crippen LogP contribution in [0.5, 0.6) is 0 Å². The number of nitrogen functional groups attached to an aromatic ring is 1. The number of carbonyl (C=O) groups excluding carboxylic acids is 1. The number of halogens is 1. The summed E-state index contributed by atoms with van der Waals surface area (Å²) in [4.78, 5) is 11.8. The van der Waals surface area contributed by atoms with Crippen molar-refractivity contribution in [1.82, 2.24) is 14.9 Å². The highest BCUT2D eigenvalue weighted by Gasteiger charge is 2.08. The fraction of sp³-hybridized carbons (Fsp3) is 0.182. The molecule has 1 amide bonds. The molecule has 0 aliphatic rings. The maximum atomic E-state index is 11.8. The van der Waals surface area contributed by atoms with Crippen molar-refractivity contribution in [2.75, 3.05) is 16.9 Å². The Morgan fingerprint density at radius 3 is 3.00 bits per heavy atom. The quantitative estimate of drug-likeness (QED) is 0.654. The third-order valence-corrected chi connectivity index (χ3v) is 4.14. The van der Waals surface area contributed by atoms with Crippen molar-refractivity contribution in [1.29, 1.82) is 0 Å². The Labute approximate surface area is 122 Å². The molecule has 0 spiro atoms. The van der Waals surface area contributed by atoms with E-state index < -0.39 is 0 Å². The van der Waals surface area contributed by atoms with E-state index in [4.69, 9.17) is 5.84 Å². The average molecular weight is 342 g/mol. The number of hydrogen-bond acceptors (Lipinski definition) is 5. The predicted molar refractivity (Wildman–Crippen MR) is 78.4 cm³/mol. The summed E-state index contributed by atoms with van der Waals surface area (Å²) in [5.74, 6) is 5.65. The Kier molecular flexibility index (Phi) is 4.43. The molecule has 0 saturated carbocycles. The van der Waals surface area contributed by atoms with Crippen molar-refractivity contribution in [2.24, 2.45) is 0 Å². The summed E-state index contributed by atoms with van der Waals surface area (Å²) in [6, 6.07) is 5.65. The van der Waals surface area contributed by atoms with Crippen LogP contribution in [0.1, 0.15) is 5.56 Å². The Hall–Kier alpha value is -1.54. The number of anilines is 1. The summed E-state index contributed by atoms with van der Waals surface area (Å²) in [5.41, 5.74) is 1.86. The third-order valence-electron chi connectivity index (χ3n) is 2.33. The van der Waals surface area contributed by atoms with E-state index in [2.05, 4.69) is 31.4 Å². The number of carbonyl (C=O) groups is 1. The maximum absolute atomic E-state index is 11.8. The number of benzene rings is 1. The highest BCUT2D eigenvalue weighted by molar-refractivity contribution is 9.10. The van der Waals surface area contributed by atoms with Gasteiger partial charge >= 0.3 is 0 Å². The fourth-order valence-corrected chi connectivity index (χ4v) is 2.35. The van der Waals surface area contributed by atoms with Crippen LogP contribution in [0.25, 0.3) is 0 Å². The van der Waals surface area contributed by atoms with E-state index >= 15 is 0 Å². The van der Waals surface area contributed by atoms with Crippen LogP contribution in [0.15, 0.2) is 34.2 Å². The normalized spacial score (nSPS) is 10.4. The van der Waals surface area contributed by atoms with Crippen molar-refractivity contribution in [3.63, 3.8) is 0 Å². The van der Waals surface area contributed by atoms with Crippen LogP contribution in [0.2, 0.25) is 0 Å². The smallest absolute Gasteiger partial charge is 0.234 e. The molecule has 1 aromatic heterocycles. The van der Waals surface area contributed by atoms with Gasteiger partial charge < -0.3 is 11.2 Å². The number of amides is 1. The van der Waals surface area contributed by atoms with Gasteiger partial charge in [0.05, 0.1) is 5.75 Å². The first-order valence-electron chi connectivity index (χ1n) is 5.40. The second-order valence-electron chi connectivity index (χ2n) is 3.82. The Morgan fingerprint density at radius 1 is 1.58 bits per heavy atom. The molecule has 19 heavy (non-hydrogen) atoms. The lowest BCUT2D eigenvalue weighted by atomic mass is 10.2. The van der Waals surface area contributed by atoms with Crippen LogP contribution in [0, 0.1) is 6.92 Å². The first-order valence-corrected chi connectivity index (χ1v) is 7.18. The van der Waals surface area contributed by atoms with Crippen molar-refractivity contribution in [3.8, 4) is 0 Å². The molecule has 0 atom stereocenters. The molecule has 0 aliphatic carbocycles. The van der Waals surface area contributed by atoms with Crippen LogP contribution >= 0.6 is 27.7 Å². The van der Waals surface area contributed by atoms with Crippen LogP contribution in [0.4, 0.5) is 5.69 Å². The average Bonchev–Trinajstić information content (AvgIpc) is 2.77. The zero-order chi connectivity index (χ0) is 13.8. The van der Waals surface area contributed by atoms with Crippen molar-refractivity contribution in [2.45, 2.75) is 12.1 Å². The van der Waals surface area contributed by atoms with E-state index in [1.165, 1.54) is 22.8 Å². The topological polar surface area (TPSA) is 85.8 Å². The molecule has 0 bridgehead atoms. The highest BCUT2D eigenvalue weighted by Crippen LogP contribution is 2.21. The van der Waals surface area contributed by atoms with Gasteiger partial charge in [-0.15, -0.1) is 10.2 Å². The summed E-state index contributed by atoms with van der Waals surface area (Å²) in [5, 5.41) is 10.7. The van der Waals surface area contributed by atoms with Crippen LogP contribution in [-0.4, -0.2) is 26.5 Å². The van der Waals surface area contributed by atoms with Gasteiger partial charge in [-0.25, -0.2) is 4.68 Å². The SMILES string of the molecule is Cc1ccc(NC(=O)CSc2nncn2N)cc1Br. The van der Waals surface area contributed by atoms with Crippen molar-refractivity contribution in [3.05, 3.63) is 34.6 Å². The van der Waals surface area contributed by atoms with Crippen LogP contribution in [-0.2, 0) is 4.79 Å². The second kappa shape index (κ2) is 6.07.